The van der Waals surface area contributed by atoms with Crippen molar-refractivity contribution in [2.24, 2.45) is 0 Å². The minimum Gasteiger partial charge on any atom is -0.633 e. The summed E-state index contributed by atoms with van der Waals surface area (Å²) in [5.74, 6) is 0. The van der Waals surface area contributed by atoms with Gasteiger partial charge in [-0.3, -0.25) is 0 Å². The van der Waals surface area contributed by atoms with Gasteiger partial charge in [0.2, 0.25) is 0 Å². The minimum absolute atomic E-state index is 0.0218. The maximum Gasteiger partial charge on any atom is 0.102 e. The molecule has 0 amide bonds. The highest BCUT2D eigenvalue weighted by Gasteiger charge is 2.07. The third-order valence-electron chi connectivity index (χ3n) is 4.26. The van der Waals surface area contributed by atoms with Crippen molar-refractivity contribution in [3.8, 4) is 0 Å². The molecule has 0 bridgehead atoms. The highest BCUT2D eigenvalue weighted by Crippen LogP contribution is 2.10. The van der Waals surface area contributed by atoms with Crippen LogP contribution >= 0.6 is 0 Å². The van der Waals surface area contributed by atoms with E-state index in [2.05, 4.69) is 12.2 Å². The Hall–Kier alpha value is -0.160. The van der Waals surface area contributed by atoms with Gasteiger partial charge in [0, 0.05) is 13.0 Å². The van der Waals surface area contributed by atoms with E-state index in [1.807, 2.05) is 0 Å². The first-order valence-electron chi connectivity index (χ1n) is 9.49. The van der Waals surface area contributed by atoms with Crippen molar-refractivity contribution in [1.82, 2.24) is 5.32 Å². The lowest BCUT2D eigenvalue weighted by Crippen LogP contribution is -2.41. The normalized spacial score (nSPS) is 14.2. The number of nitrogens with one attached hydrogen (secondary N) is 1. The molecule has 134 valence electrons. The number of hydrogen-bond acceptors (Lipinski definition) is 3. The van der Waals surface area contributed by atoms with Gasteiger partial charge in [0.1, 0.15) is 6.54 Å². The Labute approximate surface area is 138 Å². The molecule has 0 aromatic carbocycles. The highest BCUT2D eigenvalue weighted by atomic mass is 16.5. The summed E-state index contributed by atoms with van der Waals surface area (Å²) in [6.07, 6.45) is 14.6. The summed E-state index contributed by atoms with van der Waals surface area (Å²) in [6, 6.07) is 0. The van der Waals surface area contributed by atoms with E-state index in [4.69, 9.17) is 5.11 Å². The van der Waals surface area contributed by atoms with Crippen LogP contribution in [-0.2, 0) is 0 Å². The Balaban J connectivity index is 3.11. The average Bonchev–Trinajstić information content (AvgIpc) is 2.47. The Bertz CT molecular complexity index is 223. The molecule has 0 aromatic rings. The van der Waals surface area contributed by atoms with E-state index in [0.717, 1.165) is 19.5 Å². The molecule has 0 aliphatic heterocycles. The summed E-state index contributed by atoms with van der Waals surface area (Å²) in [5, 5.41) is 24.0. The summed E-state index contributed by atoms with van der Waals surface area (Å²) in [7, 11) is 1.64. The third kappa shape index (κ3) is 16.2. The number of hydrogen-bond donors (Lipinski definition) is 2. The molecule has 0 saturated heterocycles. The summed E-state index contributed by atoms with van der Waals surface area (Å²) in [5.41, 5.74) is 0. The maximum absolute atomic E-state index is 11.8. The van der Waals surface area contributed by atoms with Crippen molar-refractivity contribution < 1.29 is 9.75 Å². The predicted molar refractivity (Wildman–Crippen MR) is 95.7 cm³/mol. The molecule has 0 spiro atoms. The van der Waals surface area contributed by atoms with Gasteiger partial charge in [-0.05, 0) is 13.0 Å². The van der Waals surface area contributed by atoms with Crippen LogP contribution in [0.4, 0.5) is 0 Å². The zero-order valence-corrected chi connectivity index (χ0v) is 15.1. The summed E-state index contributed by atoms with van der Waals surface area (Å²) in [6.45, 7) is 5.12. The lowest BCUT2D eigenvalue weighted by molar-refractivity contribution is -0.861. The second-order valence-electron chi connectivity index (χ2n) is 6.75. The Morgan fingerprint density at radius 1 is 0.773 bits per heavy atom. The van der Waals surface area contributed by atoms with E-state index in [9.17, 15) is 5.21 Å². The zero-order valence-electron chi connectivity index (χ0n) is 15.1. The number of hydroxylamine groups is 3. The molecule has 0 aromatic heterocycles. The van der Waals surface area contributed by atoms with Crippen LogP contribution in [0.2, 0.25) is 0 Å². The fourth-order valence-electron chi connectivity index (χ4n) is 2.72. The summed E-state index contributed by atoms with van der Waals surface area (Å²) < 4.78 is -0.323. The molecule has 2 N–H and O–H groups in total. The van der Waals surface area contributed by atoms with Gasteiger partial charge in [-0.15, -0.1) is 0 Å². The topological polar surface area (TPSA) is 55.3 Å². The Kier molecular flexibility index (Phi) is 15.6. The minimum atomic E-state index is -0.323. The smallest absolute Gasteiger partial charge is 0.102 e. The van der Waals surface area contributed by atoms with Crippen molar-refractivity contribution in [3.05, 3.63) is 5.21 Å². The number of quaternary nitrogens is 1. The van der Waals surface area contributed by atoms with Crippen molar-refractivity contribution in [3.63, 3.8) is 0 Å². The van der Waals surface area contributed by atoms with Crippen molar-refractivity contribution >= 4 is 0 Å². The molecule has 0 aliphatic rings. The van der Waals surface area contributed by atoms with Crippen LogP contribution in [-0.4, -0.2) is 49.6 Å². The van der Waals surface area contributed by atoms with Crippen LogP contribution in [0, 0.1) is 5.21 Å². The molecular weight excluding hydrogens is 276 g/mol. The van der Waals surface area contributed by atoms with Gasteiger partial charge < -0.3 is 20.3 Å². The molecule has 4 heteroatoms. The fraction of sp³-hybridized carbons (Fsp3) is 1.00. The summed E-state index contributed by atoms with van der Waals surface area (Å²) >= 11 is 0. The van der Waals surface area contributed by atoms with Crippen LogP contribution in [0.1, 0.15) is 77.6 Å². The first-order chi connectivity index (χ1) is 10.6. The molecule has 0 radical (unpaired) electrons. The van der Waals surface area contributed by atoms with Crippen LogP contribution < -0.4 is 5.32 Å². The van der Waals surface area contributed by atoms with E-state index >= 15 is 0 Å². The van der Waals surface area contributed by atoms with Gasteiger partial charge >= 0.3 is 0 Å². The molecule has 22 heavy (non-hydrogen) atoms. The number of rotatable bonds is 17. The number of likely N-dealkylation sites (N-methyl/N-ethyl adjacent to an activating group) is 1. The number of aliphatic hydroxyl groups excluding tert-OH is 1. The largest absolute Gasteiger partial charge is 0.633 e. The predicted octanol–water partition coefficient (Wildman–Crippen LogP) is 3.82. The molecule has 1 atom stereocenters. The molecule has 0 heterocycles. The number of aliphatic hydroxyl groups is 1. The van der Waals surface area contributed by atoms with E-state index < -0.39 is 0 Å². The van der Waals surface area contributed by atoms with E-state index in [0.29, 0.717) is 13.1 Å². The second-order valence-corrected chi connectivity index (χ2v) is 6.75. The zero-order chi connectivity index (χ0) is 16.5. The van der Waals surface area contributed by atoms with Crippen LogP contribution in [0.15, 0.2) is 0 Å². The maximum atomic E-state index is 11.8. The molecule has 1 unspecified atom stereocenters. The standard InChI is InChI=1S/C18H40N2O2/c1-3-4-5-6-7-8-9-10-11-12-14-19-15-13-16-20(2,22)17-18-21/h19,21H,3-18H2,1-2H3. The molecule has 0 saturated carbocycles. The van der Waals surface area contributed by atoms with Crippen molar-refractivity contribution in [2.45, 2.75) is 77.6 Å². The van der Waals surface area contributed by atoms with Gasteiger partial charge in [-0.1, -0.05) is 64.7 Å². The molecule has 0 rings (SSSR count). The Morgan fingerprint density at radius 2 is 1.27 bits per heavy atom. The van der Waals surface area contributed by atoms with E-state index in [-0.39, 0.29) is 11.3 Å². The second kappa shape index (κ2) is 15.7. The van der Waals surface area contributed by atoms with E-state index in [1.165, 1.54) is 64.2 Å². The fourth-order valence-corrected chi connectivity index (χ4v) is 2.72. The highest BCUT2D eigenvalue weighted by molar-refractivity contribution is 4.52. The first kappa shape index (κ1) is 21.8. The summed E-state index contributed by atoms with van der Waals surface area (Å²) in [4.78, 5) is 0. The monoisotopic (exact) mass is 316 g/mol. The van der Waals surface area contributed by atoms with Gasteiger partial charge in [-0.25, -0.2) is 0 Å². The molecular formula is C18H40N2O2. The first-order valence-corrected chi connectivity index (χ1v) is 9.49. The average molecular weight is 317 g/mol. The van der Waals surface area contributed by atoms with Crippen molar-refractivity contribution in [2.75, 3.05) is 39.8 Å². The Morgan fingerprint density at radius 3 is 1.82 bits per heavy atom. The lowest BCUT2D eigenvalue weighted by atomic mass is 10.1. The molecule has 0 fully saturated rings. The van der Waals surface area contributed by atoms with Crippen molar-refractivity contribution in [1.29, 1.82) is 0 Å². The van der Waals surface area contributed by atoms with Gasteiger partial charge in [0.25, 0.3) is 0 Å². The van der Waals surface area contributed by atoms with Crippen LogP contribution in [0.25, 0.3) is 0 Å². The van der Waals surface area contributed by atoms with Crippen LogP contribution in [0.3, 0.4) is 0 Å². The van der Waals surface area contributed by atoms with Gasteiger partial charge in [0.05, 0.1) is 20.2 Å². The quantitative estimate of drug-likeness (QED) is 0.244. The van der Waals surface area contributed by atoms with Crippen LogP contribution in [0.5, 0.6) is 0 Å². The SMILES string of the molecule is CCCCCCCCCCCCNCCC[N+](C)([O-])CCO. The number of nitrogens with zero attached hydrogens (tertiary/aromatic N) is 1. The van der Waals surface area contributed by atoms with Gasteiger partial charge in [-0.2, -0.15) is 0 Å². The number of unbranched alkanes of at least 4 members (excludes halogenated alkanes) is 9. The van der Waals surface area contributed by atoms with E-state index in [1.54, 1.807) is 7.05 Å². The molecule has 0 aliphatic carbocycles. The third-order valence-corrected chi connectivity index (χ3v) is 4.26. The lowest BCUT2D eigenvalue weighted by Gasteiger charge is -2.38. The van der Waals surface area contributed by atoms with Gasteiger partial charge in [0.15, 0.2) is 0 Å². The molecule has 4 nitrogen and oxygen atoms in total.